The lowest BCUT2D eigenvalue weighted by Crippen LogP contribution is -2.28. The molecule has 1 saturated heterocycles. The molecule has 1 aliphatic rings. The Hall–Kier alpha value is -3.16. The van der Waals surface area contributed by atoms with E-state index in [1.807, 2.05) is 38.1 Å². The molecule has 1 amide bonds. The molecule has 0 saturated carbocycles. The average molecular weight is 450 g/mol. The highest BCUT2D eigenvalue weighted by Gasteiger charge is 2.34. The molecule has 0 unspecified atom stereocenters. The van der Waals surface area contributed by atoms with E-state index in [9.17, 15) is 9.59 Å². The van der Waals surface area contributed by atoms with Crippen molar-refractivity contribution >= 4 is 51.9 Å². The minimum absolute atomic E-state index is 0.185. The zero-order valence-electron chi connectivity index (χ0n) is 17.2. The fraction of sp³-hybridized carbons (Fsp3) is 0.125. The minimum atomic E-state index is -0.442. The molecule has 0 N–H and O–H groups in total. The van der Waals surface area contributed by atoms with Crippen molar-refractivity contribution in [1.29, 1.82) is 0 Å². The van der Waals surface area contributed by atoms with Crippen molar-refractivity contribution in [2.24, 2.45) is 0 Å². The van der Waals surface area contributed by atoms with E-state index < -0.39 is 5.97 Å². The van der Waals surface area contributed by atoms with Gasteiger partial charge >= 0.3 is 5.97 Å². The number of methoxy groups -OCH3 is 1. The van der Waals surface area contributed by atoms with Crippen molar-refractivity contribution in [3.05, 3.63) is 82.0 Å². The van der Waals surface area contributed by atoms with Crippen LogP contribution in [0.4, 0.5) is 5.69 Å². The van der Waals surface area contributed by atoms with E-state index in [1.54, 1.807) is 41.3 Å². The van der Waals surface area contributed by atoms with Gasteiger partial charge in [-0.25, -0.2) is 4.79 Å². The summed E-state index contributed by atoms with van der Waals surface area (Å²) in [6.07, 6.45) is 1.67. The molecule has 2 heterocycles. The Morgan fingerprint density at radius 1 is 1.13 bits per heavy atom. The quantitative estimate of drug-likeness (QED) is 0.287. The predicted molar refractivity (Wildman–Crippen MR) is 127 cm³/mol. The predicted octanol–water partition coefficient (Wildman–Crippen LogP) is 5.76. The van der Waals surface area contributed by atoms with Gasteiger partial charge in [0.25, 0.3) is 5.91 Å². The maximum atomic E-state index is 13.1. The normalized spacial score (nSPS) is 15.1. The number of rotatable bonds is 4. The van der Waals surface area contributed by atoms with Gasteiger partial charge in [-0.1, -0.05) is 59.9 Å². The van der Waals surface area contributed by atoms with Gasteiger partial charge in [0.15, 0.2) is 4.32 Å². The van der Waals surface area contributed by atoms with Crippen LogP contribution in [0.25, 0.3) is 17.4 Å². The van der Waals surface area contributed by atoms with E-state index in [0.29, 0.717) is 31.9 Å². The zero-order valence-corrected chi connectivity index (χ0v) is 18.8. The maximum absolute atomic E-state index is 13.1. The van der Waals surface area contributed by atoms with Crippen LogP contribution in [0.15, 0.2) is 63.9 Å². The number of thiocarbonyl (C=S) groups is 1. The molecule has 7 heteroatoms. The van der Waals surface area contributed by atoms with Gasteiger partial charge in [0.1, 0.15) is 11.5 Å². The molecule has 0 spiro atoms. The van der Waals surface area contributed by atoms with Gasteiger partial charge < -0.3 is 9.15 Å². The van der Waals surface area contributed by atoms with Crippen molar-refractivity contribution in [3.8, 4) is 11.3 Å². The number of aryl methyl sites for hydroxylation is 2. The standard InChI is InChI=1S/C24H19NO4S2/c1-14-8-10-19(15(2)12-14)25-22(26)21(31-24(25)30)13-16-9-11-20(29-16)17-6-4-5-7-18(17)23(27)28-3/h4-13H,1-3H3/b21-13-. The molecule has 1 aliphatic heterocycles. The van der Waals surface area contributed by atoms with Crippen LogP contribution in [0.1, 0.15) is 27.2 Å². The first-order valence-corrected chi connectivity index (χ1v) is 10.7. The molecule has 1 aromatic heterocycles. The van der Waals surface area contributed by atoms with E-state index >= 15 is 0 Å². The number of carbonyl (C=O) groups is 2. The first kappa shape index (κ1) is 21.1. The lowest BCUT2D eigenvalue weighted by Gasteiger charge is -2.17. The second-order valence-electron chi connectivity index (χ2n) is 7.05. The molecule has 4 rings (SSSR count). The van der Waals surface area contributed by atoms with Crippen LogP contribution in [0.3, 0.4) is 0 Å². The van der Waals surface area contributed by atoms with E-state index in [0.717, 1.165) is 16.8 Å². The summed E-state index contributed by atoms with van der Waals surface area (Å²) in [5, 5.41) is 0. The number of benzene rings is 2. The van der Waals surface area contributed by atoms with Crippen molar-refractivity contribution in [3.63, 3.8) is 0 Å². The van der Waals surface area contributed by atoms with Crippen LogP contribution >= 0.6 is 24.0 Å². The fourth-order valence-electron chi connectivity index (χ4n) is 3.42. The average Bonchev–Trinajstić information content (AvgIpc) is 3.32. The summed E-state index contributed by atoms with van der Waals surface area (Å²) in [5.74, 6) is 0.380. The van der Waals surface area contributed by atoms with Crippen molar-refractivity contribution in [2.75, 3.05) is 12.0 Å². The van der Waals surface area contributed by atoms with Crippen molar-refractivity contribution < 1.29 is 18.7 Å². The third-order valence-corrected chi connectivity index (χ3v) is 6.19. The lowest BCUT2D eigenvalue weighted by molar-refractivity contribution is -0.113. The Bertz CT molecular complexity index is 1240. The Balaban J connectivity index is 1.64. The van der Waals surface area contributed by atoms with Gasteiger partial charge in [0.2, 0.25) is 0 Å². The number of ether oxygens (including phenoxy) is 1. The van der Waals surface area contributed by atoms with Gasteiger partial charge in [-0.15, -0.1) is 0 Å². The zero-order chi connectivity index (χ0) is 22.1. The summed E-state index contributed by atoms with van der Waals surface area (Å²) in [6, 6.07) is 16.5. The molecule has 31 heavy (non-hydrogen) atoms. The molecular formula is C24H19NO4S2. The van der Waals surface area contributed by atoms with Gasteiger partial charge in [-0.05, 0) is 43.7 Å². The highest BCUT2D eigenvalue weighted by molar-refractivity contribution is 8.27. The highest BCUT2D eigenvalue weighted by atomic mass is 32.2. The second kappa shape index (κ2) is 8.53. The van der Waals surface area contributed by atoms with E-state index in [-0.39, 0.29) is 5.91 Å². The summed E-state index contributed by atoms with van der Waals surface area (Å²) >= 11 is 6.71. The first-order valence-electron chi connectivity index (χ1n) is 9.52. The number of esters is 1. The van der Waals surface area contributed by atoms with E-state index in [2.05, 4.69) is 0 Å². The topological polar surface area (TPSA) is 59.8 Å². The summed E-state index contributed by atoms with van der Waals surface area (Å²) in [6.45, 7) is 3.97. The molecule has 0 radical (unpaired) electrons. The second-order valence-corrected chi connectivity index (χ2v) is 8.72. The third-order valence-electron chi connectivity index (χ3n) is 4.88. The molecular weight excluding hydrogens is 430 g/mol. The van der Waals surface area contributed by atoms with Crippen molar-refractivity contribution in [2.45, 2.75) is 13.8 Å². The molecule has 3 aromatic rings. The van der Waals surface area contributed by atoms with Gasteiger partial charge in [0, 0.05) is 11.6 Å². The Morgan fingerprint density at radius 3 is 2.65 bits per heavy atom. The Labute approximate surface area is 189 Å². The molecule has 5 nitrogen and oxygen atoms in total. The molecule has 1 fully saturated rings. The number of anilines is 1. The van der Waals surface area contributed by atoms with Gasteiger partial charge in [-0.3, -0.25) is 9.69 Å². The van der Waals surface area contributed by atoms with Crippen LogP contribution in [0, 0.1) is 13.8 Å². The largest absolute Gasteiger partial charge is 0.465 e. The maximum Gasteiger partial charge on any atom is 0.338 e. The lowest BCUT2D eigenvalue weighted by atomic mass is 10.1. The molecule has 0 aliphatic carbocycles. The van der Waals surface area contributed by atoms with Gasteiger partial charge in [0.05, 0.1) is 23.3 Å². The Morgan fingerprint density at radius 2 is 1.90 bits per heavy atom. The number of thioether (sulfide) groups is 1. The number of carbonyl (C=O) groups excluding carboxylic acids is 2. The van der Waals surface area contributed by atoms with E-state index in [4.69, 9.17) is 21.4 Å². The first-order chi connectivity index (χ1) is 14.9. The number of hydrogen-bond acceptors (Lipinski definition) is 6. The number of amides is 1. The Kier molecular flexibility index (Phi) is 5.80. The fourth-order valence-corrected chi connectivity index (χ4v) is 4.69. The number of nitrogens with zero attached hydrogens (tertiary/aromatic N) is 1. The monoisotopic (exact) mass is 449 g/mol. The number of hydrogen-bond donors (Lipinski definition) is 0. The summed E-state index contributed by atoms with van der Waals surface area (Å²) in [4.78, 5) is 27.1. The SMILES string of the molecule is COC(=O)c1ccccc1-c1ccc(/C=C2\SC(=S)N(c3ccc(C)cc3C)C2=O)o1. The van der Waals surface area contributed by atoms with Crippen LogP contribution in [0.5, 0.6) is 0 Å². The van der Waals surface area contributed by atoms with Crippen LogP contribution < -0.4 is 4.90 Å². The van der Waals surface area contributed by atoms with E-state index in [1.165, 1.54) is 18.9 Å². The smallest absolute Gasteiger partial charge is 0.338 e. The molecule has 0 atom stereocenters. The van der Waals surface area contributed by atoms with Gasteiger partial charge in [-0.2, -0.15) is 0 Å². The minimum Gasteiger partial charge on any atom is -0.465 e. The molecule has 0 bridgehead atoms. The molecule has 156 valence electrons. The van der Waals surface area contributed by atoms with Crippen LogP contribution in [0.2, 0.25) is 0 Å². The highest BCUT2D eigenvalue weighted by Crippen LogP contribution is 2.38. The summed E-state index contributed by atoms with van der Waals surface area (Å²) in [5.41, 5.74) is 3.92. The number of furan rings is 1. The van der Waals surface area contributed by atoms with Crippen molar-refractivity contribution in [1.82, 2.24) is 0 Å². The van der Waals surface area contributed by atoms with Crippen LogP contribution in [-0.4, -0.2) is 23.3 Å². The third kappa shape index (κ3) is 4.06. The van der Waals surface area contributed by atoms with Crippen LogP contribution in [-0.2, 0) is 9.53 Å². The summed E-state index contributed by atoms with van der Waals surface area (Å²) in [7, 11) is 1.34. The molecule has 2 aromatic carbocycles. The summed E-state index contributed by atoms with van der Waals surface area (Å²) < 4.78 is 11.2.